The first-order chi connectivity index (χ1) is 8.58. The Morgan fingerprint density at radius 3 is 2.56 bits per heavy atom. The monoisotopic (exact) mass is 250 g/mol. The van der Waals surface area contributed by atoms with Crippen LogP contribution in [0.1, 0.15) is 35.2 Å². The number of piperidine rings is 1. The Kier molecular flexibility index (Phi) is 3.69. The second kappa shape index (κ2) is 5.25. The molecule has 0 radical (unpaired) electrons. The third-order valence-electron chi connectivity index (χ3n) is 3.55. The Hall–Kier alpha value is -1.78. The lowest BCUT2D eigenvalue weighted by Gasteiger charge is -2.31. The highest BCUT2D eigenvalue weighted by atomic mass is 16.4. The minimum Gasteiger partial charge on any atom is -0.481 e. The second-order valence-electron chi connectivity index (χ2n) is 4.89. The second-order valence-corrected chi connectivity index (χ2v) is 4.89. The van der Waals surface area contributed by atoms with E-state index in [-0.39, 0.29) is 18.2 Å². The van der Waals surface area contributed by atoms with Gasteiger partial charge in [-0.3, -0.25) is 9.59 Å². The minimum absolute atomic E-state index is 0.0440. The number of nitrogens with zero attached hydrogens (tertiary/aromatic N) is 1. The zero-order valence-corrected chi connectivity index (χ0v) is 10.5. The normalized spacial score (nSPS) is 16.8. The van der Waals surface area contributed by atoms with Crippen molar-refractivity contribution in [3.05, 3.63) is 23.5 Å². The Morgan fingerprint density at radius 1 is 1.39 bits per heavy atom. The summed E-state index contributed by atoms with van der Waals surface area (Å²) in [7, 11) is 0. The molecule has 98 valence electrons. The number of nitrogens with one attached hydrogen (secondary N) is 1. The summed E-state index contributed by atoms with van der Waals surface area (Å²) in [5, 5.41) is 8.74. The van der Waals surface area contributed by atoms with Gasteiger partial charge in [-0.25, -0.2) is 0 Å². The van der Waals surface area contributed by atoms with Crippen LogP contribution in [0.25, 0.3) is 0 Å². The number of rotatable bonds is 3. The molecule has 18 heavy (non-hydrogen) atoms. The van der Waals surface area contributed by atoms with Crippen LogP contribution in [0, 0.1) is 12.8 Å². The summed E-state index contributed by atoms with van der Waals surface area (Å²) in [6, 6.07) is 0. The van der Waals surface area contributed by atoms with Crippen LogP contribution in [0.15, 0.2) is 12.4 Å². The van der Waals surface area contributed by atoms with Crippen LogP contribution in [0.5, 0.6) is 0 Å². The van der Waals surface area contributed by atoms with E-state index >= 15 is 0 Å². The molecule has 1 aliphatic rings. The highest BCUT2D eigenvalue weighted by Gasteiger charge is 2.25. The van der Waals surface area contributed by atoms with Crippen LogP contribution >= 0.6 is 0 Å². The molecule has 0 bridgehead atoms. The van der Waals surface area contributed by atoms with Crippen LogP contribution in [-0.4, -0.2) is 40.0 Å². The van der Waals surface area contributed by atoms with Crippen LogP contribution in [0.2, 0.25) is 0 Å². The number of carboxylic acids is 1. The summed E-state index contributed by atoms with van der Waals surface area (Å²) in [5.41, 5.74) is 1.67. The molecular weight excluding hydrogens is 232 g/mol. The van der Waals surface area contributed by atoms with E-state index < -0.39 is 5.97 Å². The largest absolute Gasteiger partial charge is 0.481 e. The van der Waals surface area contributed by atoms with Gasteiger partial charge in [-0.1, -0.05) is 0 Å². The van der Waals surface area contributed by atoms with Crippen molar-refractivity contribution in [2.75, 3.05) is 13.1 Å². The Balaban J connectivity index is 1.92. The van der Waals surface area contributed by atoms with Crippen LogP contribution < -0.4 is 0 Å². The lowest BCUT2D eigenvalue weighted by atomic mass is 9.93. The van der Waals surface area contributed by atoms with Crippen LogP contribution in [0.4, 0.5) is 0 Å². The number of H-pyrrole nitrogens is 1. The zero-order chi connectivity index (χ0) is 13.1. The van der Waals surface area contributed by atoms with E-state index in [0.29, 0.717) is 18.7 Å². The van der Waals surface area contributed by atoms with Crippen molar-refractivity contribution >= 4 is 11.9 Å². The van der Waals surface area contributed by atoms with E-state index in [1.54, 1.807) is 6.20 Å². The Bertz CT molecular complexity index is 445. The number of aromatic amines is 1. The Morgan fingerprint density at radius 2 is 2.06 bits per heavy atom. The summed E-state index contributed by atoms with van der Waals surface area (Å²) in [4.78, 5) is 27.6. The molecule has 0 aliphatic carbocycles. The van der Waals surface area contributed by atoms with Crippen molar-refractivity contribution in [3.63, 3.8) is 0 Å². The molecule has 1 amide bonds. The van der Waals surface area contributed by atoms with Crippen molar-refractivity contribution < 1.29 is 14.7 Å². The summed E-state index contributed by atoms with van der Waals surface area (Å²) in [6.45, 7) is 3.21. The summed E-state index contributed by atoms with van der Waals surface area (Å²) >= 11 is 0. The van der Waals surface area contributed by atoms with E-state index in [0.717, 1.165) is 18.4 Å². The lowest BCUT2D eigenvalue weighted by Crippen LogP contribution is -2.39. The number of aliphatic carboxylic acids is 1. The average molecular weight is 250 g/mol. The number of carbonyl (C=O) groups excluding carboxylic acids is 1. The molecule has 2 rings (SSSR count). The molecule has 5 heteroatoms. The molecule has 1 fully saturated rings. The predicted octanol–water partition coefficient (Wildman–Crippen LogP) is 1.65. The SMILES string of the molecule is Cc1c[nH]cc1C(=O)N1CCC(CC(=O)O)CC1. The smallest absolute Gasteiger partial charge is 0.303 e. The van der Waals surface area contributed by atoms with Crippen molar-refractivity contribution in [1.82, 2.24) is 9.88 Å². The van der Waals surface area contributed by atoms with Gasteiger partial charge >= 0.3 is 5.97 Å². The molecule has 1 aromatic rings. The molecule has 2 N–H and O–H groups in total. The van der Waals surface area contributed by atoms with E-state index in [1.165, 1.54) is 0 Å². The van der Waals surface area contributed by atoms with Crippen molar-refractivity contribution in [2.24, 2.45) is 5.92 Å². The fourth-order valence-electron chi connectivity index (χ4n) is 2.43. The predicted molar refractivity (Wildman–Crippen MR) is 66.4 cm³/mol. The topological polar surface area (TPSA) is 73.4 Å². The Labute approximate surface area is 106 Å². The highest BCUT2D eigenvalue weighted by molar-refractivity contribution is 5.95. The van der Waals surface area contributed by atoms with Gasteiger partial charge in [-0.05, 0) is 31.2 Å². The first-order valence-electron chi connectivity index (χ1n) is 6.22. The van der Waals surface area contributed by atoms with Crippen LogP contribution in [0.3, 0.4) is 0 Å². The third-order valence-corrected chi connectivity index (χ3v) is 3.55. The van der Waals surface area contributed by atoms with Gasteiger partial charge in [0.25, 0.3) is 5.91 Å². The summed E-state index contributed by atoms with van der Waals surface area (Å²) in [6.07, 6.45) is 5.31. The molecule has 2 heterocycles. The van der Waals surface area contributed by atoms with Gasteiger partial charge < -0.3 is 15.0 Å². The molecule has 1 saturated heterocycles. The van der Waals surface area contributed by atoms with Crippen LogP contribution in [-0.2, 0) is 4.79 Å². The molecule has 1 aliphatic heterocycles. The van der Waals surface area contributed by atoms with E-state index in [1.807, 2.05) is 18.0 Å². The van der Waals surface area contributed by atoms with Gasteiger partial charge in [0.15, 0.2) is 0 Å². The fraction of sp³-hybridized carbons (Fsp3) is 0.538. The molecular formula is C13H18N2O3. The number of likely N-dealkylation sites (tertiary alicyclic amines) is 1. The quantitative estimate of drug-likeness (QED) is 0.856. The molecule has 1 aromatic heterocycles. The van der Waals surface area contributed by atoms with Crippen molar-refractivity contribution in [3.8, 4) is 0 Å². The molecule has 5 nitrogen and oxygen atoms in total. The maximum atomic E-state index is 12.2. The van der Waals surface area contributed by atoms with E-state index in [9.17, 15) is 9.59 Å². The molecule has 0 saturated carbocycles. The lowest BCUT2D eigenvalue weighted by molar-refractivity contribution is -0.138. The number of hydrogen-bond donors (Lipinski definition) is 2. The summed E-state index contributed by atoms with van der Waals surface area (Å²) < 4.78 is 0. The van der Waals surface area contributed by atoms with Gasteiger partial charge in [-0.15, -0.1) is 0 Å². The number of carbonyl (C=O) groups is 2. The number of hydrogen-bond acceptors (Lipinski definition) is 2. The average Bonchev–Trinajstić information content (AvgIpc) is 2.75. The van der Waals surface area contributed by atoms with Gasteiger partial charge in [0.1, 0.15) is 0 Å². The standard InChI is InChI=1S/C13H18N2O3/c1-9-7-14-8-11(9)13(18)15-4-2-10(3-5-15)6-12(16)17/h7-8,10,14H,2-6H2,1H3,(H,16,17). The van der Waals surface area contributed by atoms with Gasteiger partial charge in [-0.2, -0.15) is 0 Å². The third kappa shape index (κ3) is 2.72. The minimum atomic E-state index is -0.749. The molecule has 0 spiro atoms. The highest BCUT2D eigenvalue weighted by Crippen LogP contribution is 2.22. The van der Waals surface area contributed by atoms with Crippen molar-refractivity contribution in [2.45, 2.75) is 26.2 Å². The maximum absolute atomic E-state index is 12.2. The van der Waals surface area contributed by atoms with E-state index in [2.05, 4.69) is 4.98 Å². The molecule has 0 aromatic carbocycles. The zero-order valence-electron chi connectivity index (χ0n) is 10.5. The number of amides is 1. The molecule has 0 unspecified atom stereocenters. The van der Waals surface area contributed by atoms with Gasteiger partial charge in [0.05, 0.1) is 5.56 Å². The molecule has 0 atom stereocenters. The summed E-state index contributed by atoms with van der Waals surface area (Å²) in [5.74, 6) is -0.498. The maximum Gasteiger partial charge on any atom is 0.303 e. The number of aromatic nitrogens is 1. The van der Waals surface area contributed by atoms with Crippen molar-refractivity contribution in [1.29, 1.82) is 0 Å². The first-order valence-corrected chi connectivity index (χ1v) is 6.22. The van der Waals surface area contributed by atoms with Gasteiger partial charge in [0, 0.05) is 31.9 Å². The van der Waals surface area contributed by atoms with Gasteiger partial charge in [0.2, 0.25) is 0 Å². The number of aryl methyl sites for hydroxylation is 1. The van der Waals surface area contributed by atoms with E-state index in [4.69, 9.17) is 5.11 Å². The fourth-order valence-corrected chi connectivity index (χ4v) is 2.43. The number of carboxylic acid groups (broad SMARTS) is 1. The first kappa shape index (κ1) is 12.7.